The van der Waals surface area contributed by atoms with Crippen LogP contribution in [0, 0.1) is 17.8 Å². The fraction of sp³-hybridized carbons (Fsp3) is 0.722. The summed E-state index contributed by atoms with van der Waals surface area (Å²) in [5, 5.41) is 19.4. The lowest BCUT2D eigenvalue weighted by atomic mass is 9.76. The summed E-state index contributed by atoms with van der Waals surface area (Å²) < 4.78 is 15.8. The van der Waals surface area contributed by atoms with Gasteiger partial charge in [0.1, 0.15) is 32.7 Å². The summed E-state index contributed by atoms with van der Waals surface area (Å²) in [7, 11) is 2.98. The molecule has 2 N–H and O–H groups in total. The highest BCUT2D eigenvalue weighted by Crippen LogP contribution is 2.40. The molecular formula is C18H26BNO8. The number of hydrogen-bond acceptors (Lipinski definition) is 8. The predicted octanol–water partition coefficient (Wildman–Crippen LogP) is -2.18. The number of amides is 2. The SMILES string of the molecule is B[C@@H]1O[C@H](CO)C(O)[C@@H]1OCCC1C=CCC2C(=O)N(CC(=O)OC)C(=O)C12. The summed E-state index contributed by atoms with van der Waals surface area (Å²) in [6.45, 7) is -0.381. The number of aliphatic hydroxyl groups is 2. The van der Waals surface area contributed by atoms with Crippen LogP contribution in [0.4, 0.5) is 0 Å². The molecule has 0 aromatic heterocycles. The standard InChI is InChI=1S/C18H26BNO8/c1-26-12(22)7-20-17(24)10-4-2-3-9(13(10)18(20)25)5-6-27-15-14(23)11(8-21)28-16(15)19/h2-3,9-11,13-16,21,23H,4-8,19H2,1H3/t9?,10?,11-,13?,14?,15+,16-/m1/s1. The number of rotatable bonds is 7. The summed E-state index contributed by atoms with van der Waals surface area (Å²) in [4.78, 5) is 37.8. The van der Waals surface area contributed by atoms with Crippen molar-refractivity contribution in [2.45, 2.75) is 37.2 Å². The van der Waals surface area contributed by atoms with Crippen LogP contribution in [-0.4, -0.2) is 91.9 Å². The molecule has 0 bridgehead atoms. The molecule has 28 heavy (non-hydrogen) atoms. The highest BCUT2D eigenvalue weighted by Gasteiger charge is 2.51. The molecule has 10 heteroatoms. The van der Waals surface area contributed by atoms with Crippen molar-refractivity contribution < 1.29 is 38.8 Å². The average Bonchev–Trinajstić information content (AvgIpc) is 3.10. The summed E-state index contributed by atoms with van der Waals surface area (Å²) in [6.07, 6.45) is 2.61. The average molecular weight is 395 g/mol. The van der Waals surface area contributed by atoms with Crippen LogP contribution < -0.4 is 0 Å². The summed E-state index contributed by atoms with van der Waals surface area (Å²) in [5.41, 5.74) is 0. The number of hydrogen-bond donors (Lipinski definition) is 2. The number of nitrogens with zero attached hydrogens (tertiary/aromatic N) is 1. The Hall–Kier alpha value is -1.75. The second-order valence-corrected chi connectivity index (χ2v) is 7.48. The van der Waals surface area contributed by atoms with Gasteiger partial charge in [-0.3, -0.25) is 19.3 Å². The number of imide groups is 1. The second-order valence-electron chi connectivity index (χ2n) is 7.48. The lowest BCUT2D eigenvalue weighted by Gasteiger charge is -2.27. The third-order valence-electron chi connectivity index (χ3n) is 5.83. The lowest BCUT2D eigenvalue weighted by Crippen LogP contribution is -2.38. The normalized spacial score (nSPS) is 37.4. The third kappa shape index (κ3) is 3.87. The molecule has 9 nitrogen and oxygen atoms in total. The summed E-state index contributed by atoms with van der Waals surface area (Å²) >= 11 is 0. The molecule has 3 rings (SSSR count). The molecule has 0 spiro atoms. The molecule has 4 unspecified atom stereocenters. The third-order valence-corrected chi connectivity index (χ3v) is 5.83. The zero-order valence-corrected chi connectivity index (χ0v) is 16.0. The molecule has 2 amide bonds. The van der Waals surface area contributed by atoms with E-state index in [9.17, 15) is 24.6 Å². The Kier molecular flexibility index (Phi) is 6.54. The molecule has 2 saturated heterocycles. The number of ether oxygens (including phenoxy) is 3. The number of aliphatic hydroxyl groups excluding tert-OH is 2. The number of carbonyl (C=O) groups is 3. The van der Waals surface area contributed by atoms with Crippen LogP contribution in [-0.2, 0) is 28.6 Å². The fourth-order valence-corrected chi connectivity index (χ4v) is 4.34. The molecule has 0 radical (unpaired) electrons. The Balaban J connectivity index is 1.60. The maximum absolute atomic E-state index is 12.8. The molecule has 0 aromatic carbocycles. The van der Waals surface area contributed by atoms with E-state index in [0.29, 0.717) is 12.8 Å². The van der Waals surface area contributed by atoms with Gasteiger partial charge in [-0.2, -0.15) is 0 Å². The number of methoxy groups -OCH3 is 1. The van der Waals surface area contributed by atoms with Gasteiger partial charge >= 0.3 is 5.97 Å². The van der Waals surface area contributed by atoms with Crippen LogP contribution in [0.1, 0.15) is 12.8 Å². The van der Waals surface area contributed by atoms with Gasteiger partial charge in [0, 0.05) is 6.61 Å². The Bertz CT molecular complexity index is 655. The van der Waals surface area contributed by atoms with Crippen molar-refractivity contribution in [3.05, 3.63) is 12.2 Å². The van der Waals surface area contributed by atoms with E-state index in [-0.39, 0.29) is 43.5 Å². The van der Waals surface area contributed by atoms with Crippen LogP contribution in [0.5, 0.6) is 0 Å². The first-order valence-electron chi connectivity index (χ1n) is 9.53. The van der Waals surface area contributed by atoms with Gasteiger partial charge < -0.3 is 24.4 Å². The lowest BCUT2D eigenvalue weighted by molar-refractivity contribution is -0.151. The number of carbonyl (C=O) groups excluding carboxylic acids is 3. The van der Waals surface area contributed by atoms with Crippen molar-refractivity contribution >= 4 is 25.6 Å². The van der Waals surface area contributed by atoms with Gasteiger partial charge in [-0.05, 0) is 18.8 Å². The van der Waals surface area contributed by atoms with E-state index in [1.807, 2.05) is 12.2 Å². The van der Waals surface area contributed by atoms with E-state index in [4.69, 9.17) is 9.47 Å². The van der Waals surface area contributed by atoms with Gasteiger partial charge in [0.25, 0.3) is 0 Å². The molecule has 0 aromatic rings. The van der Waals surface area contributed by atoms with Gasteiger partial charge in [-0.15, -0.1) is 0 Å². The maximum Gasteiger partial charge on any atom is 0.325 e. The van der Waals surface area contributed by atoms with Gasteiger partial charge in [0.2, 0.25) is 11.8 Å². The molecular weight excluding hydrogens is 369 g/mol. The van der Waals surface area contributed by atoms with Crippen molar-refractivity contribution in [2.24, 2.45) is 17.8 Å². The highest BCUT2D eigenvalue weighted by atomic mass is 16.6. The van der Waals surface area contributed by atoms with Gasteiger partial charge in [0.15, 0.2) is 0 Å². The van der Waals surface area contributed by atoms with E-state index in [1.165, 1.54) is 7.11 Å². The molecule has 0 saturated carbocycles. The van der Waals surface area contributed by atoms with E-state index < -0.39 is 36.1 Å². The topological polar surface area (TPSA) is 123 Å². The Morgan fingerprint density at radius 1 is 1.39 bits per heavy atom. The monoisotopic (exact) mass is 395 g/mol. The highest BCUT2D eigenvalue weighted by molar-refractivity contribution is 6.11. The van der Waals surface area contributed by atoms with Crippen molar-refractivity contribution in [3.63, 3.8) is 0 Å². The number of esters is 1. The molecule has 2 aliphatic heterocycles. The fourth-order valence-electron chi connectivity index (χ4n) is 4.34. The Labute approximate surface area is 164 Å². The van der Waals surface area contributed by atoms with E-state index in [0.717, 1.165) is 4.90 Å². The van der Waals surface area contributed by atoms with Gasteiger partial charge in [-0.25, -0.2) is 0 Å². The minimum atomic E-state index is -0.917. The van der Waals surface area contributed by atoms with E-state index in [2.05, 4.69) is 4.74 Å². The molecule has 2 heterocycles. The van der Waals surface area contributed by atoms with Crippen molar-refractivity contribution in [2.75, 3.05) is 26.9 Å². The number of likely N-dealkylation sites (tertiary alicyclic amines) is 1. The zero-order valence-electron chi connectivity index (χ0n) is 16.0. The number of allylic oxidation sites excluding steroid dienone is 2. The van der Waals surface area contributed by atoms with Gasteiger partial charge in [0.05, 0.1) is 31.6 Å². The molecule has 3 aliphatic rings. The molecule has 7 atom stereocenters. The van der Waals surface area contributed by atoms with Crippen LogP contribution in [0.2, 0.25) is 0 Å². The Morgan fingerprint density at radius 3 is 2.79 bits per heavy atom. The largest absolute Gasteiger partial charge is 0.468 e. The van der Waals surface area contributed by atoms with Crippen LogP contribution >= 0.6 is 0 Å². The predicted molar refractivity (Wildman–Crippen MR) is 97.6 cm³/mol. The quantitative estimate of drug-likeness (QED) is 0.216. The first-order valence-corrected chi connectivity index (χ1v) is 9.53. The smallest absolute Gasteiger partial charge is 0.325 e. The maximum atomic E-state index is 12.8. The second kappa shape index (κ2) is 8.73. The Morgan fingerprint density at radius 2 is 2.14 bits per heavy atom. The number of fused-ring (bicyclic) bond motifs is 1. The first-order chi connectivity index (χ1) is 13.4. The van der Waals surface area contributed by atoms with Crippen molar-refractivity contribution in [1.82, 2.24) is 4.90 Å². The van der Waals surface area contributed by atoms with E-state index in [1.54, 1.807) is 7.85 Å². The minimum Gasteiger partial charge on any atom is -0.468 e. The van der Waals surface area contributed by atoms with E-state index >= 15 is 0 Å². The summed E-state index contributed by atoms with van der Waals surface area (Å²) in [5.74, 6) is -2.50. The molecule has 2 fully saturated rings. The minimum absolute atomic E-state index is 0.193. The molecule has 1 aliphatic carbocycles. The first kappa shape index (κ1) is 21.0. The zero-order chi connectivity index (χ0) is 20.4. The van der Waals surface area contributed by atoms with Crippen LogP contribution in [0.3, 0.4) is 0 Å². The van der Waals surface area contributed by atoms with Crippen molar-refractivity contribution in [3.8, 4) is 0 Å². The van der Waals surface area contributed by atoms with Crippen LogP contribution in [0.15, 0.2) is 12.2 Å². The molecule has 154 valence electrons. The van der Waals surface area contributed by atoms with Crippen molar-refractivity contribution in [1.29, 1.82) is 0 Å². The van der Waals surface area contributed by atoms with Gasteiger partial charge in [-0.1, -0.05) is 12.2 Å². The van der Waals surface area contributed by atoms with Crippen LogP contribution in [0.25, 0.3) is 0 Å². The summed E-state index contributed by atoms with van der Waals surface area (Å²) in [6, 6.07) is -0.355.